The number of anilines is 1. The summed E-state index contributed by atoms with van der Waals surface area (Å²) in [6, 6.07) is 8.74. The number of benzene rings is 1. The number of carbonyl (C=O) groups is 1. The van der Waals surface area contributed by atoms with E-state index in [1.165, 1.54) is 0 Å². The van der Waals surface area contributed by atoms with Gasteiger partial charge in [-0.25, -0.2) is 14.8 Å². The van der Waals surface area contributed by atoms with E-state index in [9.17, 15) is 9.59 Å². The molecule has 3 N–H and O–H groups in total. The molecule has 0 atom stereocenters. The molecule has 1 aromatic carbocycles. The molecule has 0 unspecified atom stereocenters. The van der Waals surface area contributed by atoms with E-state index in [0.717, 1.165) is 29.4 Å². The Kier molecular flexibility index (Phi) is 4.99. The van der Waals surface area contributed by atoms with Crippen LogP contribution in [0.2, 0.25) is 0 Å². The summed E-state index contributed by atoms with van der Waals surface area (Å²) >= 11 is 0. The molecule has 0 aliphatic rings. The van der Waals surface area contributed by atoms with Crippen LogP contribution < -0.4 is 16.2 Å². The zero-order valence-corrected chi connectivity index (χ0v) is 16.3. The fourth-order valence-electron chi connectivity index (χ4n) is 3.30. The average molecular weight is 390 g/mol. The van der Waals surface area contributed by atoms with Crippen molar-refractivity contribution in [2.24, 2.45) is 7.05 Å². The van der Waals surface area contributed by atoms with Gasteiger partial charge in [0.25, 0.3) is 5.56 Å². The molecule has 148 valence electrons. The smallest absolute Gasteiger partial charge is 0.319 e. The Bertz CT molecular complexity index is 1260. The third kappa shape index (κ3) is 3.69. The molecule has 8 heteroatoms. The van der Waals surface area contributed by atoms with Crippen molar-refractivity contribution in [3.8, 4) is 11.3 Å². The number of rotatable bonds is 5. The Hall–Kier alpha value is -3.68. The number of fused-ring (bicyclic) bond motifs is 2. The highest BCUT2D eigenvalue weighted by Gasteiger charge is 2.15. The summed E-state index contributed by atoms with van der Waals surface area (Å²) in [5, 5.41) is 6.44. The molecule has 4 aromatic rings. The van der Waals surface area contributed by atoms with Crippen molar-refractivity contribution in [3.63, 3.8) is 0 Å². The van der Waals surface area contributed by atoms with E-state index in [2.05, 4.69) is 32.5 Å². The van der Waals surface area contributed by atoms with Crippen LogP contribution in [0.5, 0.6) is 0 Å². The van der Waals surface area contributed by atoms with E-state index in [4.69, 9.17) is 0 Å². The van der Waals surface area contributed by atoms with Crippen LogP contribution in [0, 0.1) is 0 Å². The summed E-state index contributed by atoms with van der Waals surface area (Å²) in [6.07, 6.45) is 5.52. The first-order valence-corrected chi connectivity index (χ1v) is 9.56. The quantitative estimate of drug-likeness (QED) is 0.454. The summed E-state index contributed by atoms with van der Waals surface area (Å²) in [4.78, 5) is 36.5. The van der Waals surface area contributed by atoms with Crippen molar-refractivity contribution >= 4 is 33.8 Å². The summed E-state index contributed by atoms with van der Waals surface area (Å²) in [7, 11) is 1.89. The Morgan fingerprint density at radius 1 is 1.28 bits per heavy atom. The summed E-state index contributed by atoms with van der Waals surface area (Å²) in [5.41, 5.74) is 3.35. The van der Waals surface area contributed by atoms with Crippen molar-refractivity contribution in [1.29, 1.82) is 0 Å². The van der Waals surface area contributed by atoms with E-state index in [-0.39, 0.29) is 11.6 Å². The second kappa shape index (κ2) is 7.75. The molecule has 29 heavy (non-hydrogen) atoms. The van der Waals surface area contributed by atoms with Crippen LogP contribution in [-0.2, 0) is 7.05 Å². The molecule has 0 bridgehead atoms. The maximum absolute atomic E-state index is 12.7. The number of unbranched alkanes of at least 4 members (excludes halogenated alkanes) is 1. The monoisotopic (exact) mass is 390 g/mol. The van der Waals surface area contributed by atoms with Gasteiger partial charge in [-0.05, 0) is 36.8 Å². The van der Waals surface area contributed by atoms with Gasteiger partial charge in [0.15, 0.2) is 0 Å². The topological polar surface area (TPSA) is 105 Å². The number of carbonyl (C=O) groups excluding carboxylic acids is 1. The van der Waals surface area contributed by atoms with Crippen LogP contribution in [0.25, 0.3) is 33.3 Å². The highest BCUT2D eigenvalue weighted by Crippen LogP contribution is 2.26. The number of amides is 2. The second-order valence-corrected chi connectivity index (χ2v) is 6.91. The third-order valence-corrected chi connectivity index (χ3v) is 4.75. The average Bonchev–Trinajstić information content (AvgIpc) is 3.04. The standard InChI is InChI=1S/C21H22N6O2/c1-3-4-9-23-21(29)24-13-7-8-16-17(11-13)26-20(28)18(25-16)15-12-27(2)19-14(15)6-5-10-22-19/h5-8,10-12H,3-4,9H2,1-2H3,(H,26,28)(H2,23,24,29). The minimum absolute atomic E-state index is 0.270. The van der Waals surface area contributed by atoms with E-state index >= 15 is 0 Å². The van der Waals surface area contributed by atoms with Gasteiger partial charge in [-0.15, -0.1) is 0 Å². The first kappa shape index (κ1) is 18.7. The molecule has 0 aliphatic heterocycles. The van der Waals surface area contributed by atoms with Crippen LogP contribution in [-0.4, -0.2) is 32.1 Å². The van der Waals surface area contributed by atoms with Gasteiger partial charge >= 0.3 is 6.03 Å². The predicted molar refractivity (Wildman–Crippen MR) is 114 cm³/mol. The van der Waals surface area contributed by atoms with Gasteiger partial charge in [0.05, 0.1) is 11.0 Å². The molecule has 4 rings (SSSR count). The highest BCUT2D eigenvalue weighted by atomic mass is 16.2. The molecule has 8 nitrogen and oxygen atoms in total. The van der Waals surface area contributed by atoms with Gasteiger partial charge < -0.3 is 20.2 Å². The number of hydrogen-bond donors (Lipinski definition) is 3. The van der Waals surface area contributed by atoms with Crippen LogP contribution >= 0.6 is 0 Å². The molecule has 0 radical (unpaired) electrons. The zero-order chi connectivity index (χ0) is 20.4. The largest absolute Gasteiger partial charge is 0.338 e. The molecule has 3 heterocycles. The number of H-pyrrole nitrogens is 1. The molecule has 2 amide bonds. The minimum atomic E-state index is -0.293. The number of nitrogens with one attached hydrogen (secondary N) is 3. The summed E-state index contributed by atoms with van der Waals surface area (Å²) in [5.74, 6) is 0. The fourth-order valence-corrected chi connectivity index (χ4v) is 3.30. The van der Waals surface area contributed by atoms with Crippen molar-refractivity contribution in [1.82, 2.24) is 24.8 Å². The molecule has 0 saturated carbocycles. The van der Waals surface area contributed by atoms with E-state index in [1.807, 2.05) is 29.9 Å². The number of aromatic nitrogens is 4. The maximum atomic E-state index is 12.7. The van der Waals surface area contributed by atoms with Gasteiger partial charge in [0, 0.05) is 42.6 Å². The van der Waals surface area contributed by atoms with E-state index in [1.54, 1.807) is 24.4 Å². The van der Waals surface area contributed by atoms with Crippen LogP contribution in [0.1, 0.15) is 19.8 Å². The lowest BCUT2D eigenvalue weighted by atomic mass is 10.1. The van der Waals surface area contributed by atoms with Crippen LogP contribution in [0.4, 0.5) is 10.5 Å². The van der Waals surface area contributed by atoms with Crippen LogP contribution in [0.15, 0.2) is 47.5 Å². The normalized spacial score (nSPS) is 11.1. The number of hydrogen-bond acceptors (Lipinski definition) is 4. The maximum Gasteiger partial charge on any atom is 0.319 e. The molecule has 3 aromatic heterocycles. The van der Waals surface area contributed by atoms with Gasteiger partial charge in [0.1, 0.15) is 11.3 Å². The number of aromatic amines is 1. The summed E-state index contributed by atoms with van der Waals surface area (Å²) in [6.45, 7) is 2.69. The van der Waals surface area contributed by atoms with Gasteiger partial charge in [0.2, 0.25) is 0 Å². The number of aryl methyl sites for hydroxylation is 1. The van der Waals surface area contributed by atoms with E-state index in [0.29, 0.717) is 29.0 Å². The third-order valence-electron chi connectivity index (χ3n) is 4.75. The molecule has 0 saturated heterocycles. The lowest BCUT2D eigenvalue weighted by molar-refractivity contribution is 0.252. The first-order chi connectivity index (χ1) is 14.1. The molecular weight excluding hydrogens is 368 g/mol. The highest BCUT2D eigenvalue weighted by molar-refractivity contribution is 5.95. The molecular formula is C21H22N6O2. The Balaban J connectivity index is 1.68. The number of urea groups is 1. The first-order valence-electron chi connectivity index (χ1n) is 9.56. The van der Waals surface area contributed by atoms with Crippen molar-refractivity contribution in [3.05, 3.63) is 53.1 Å². The SMILES string of the molecule is CCCCNC(=O)Nc1ccc2nc(-c3cn(C)c4ncccc34)c(=O)[nH]c2c1. The van der Waals surface area contributed by atoms with Gasteiger partial charge in [-0.3, -0.25) is 4.79 Å². The Labute approximate surface area is 167 Å². The van der Waals surface area contributed by atoms with Gasteiger partial charge in [-0.1, -0.05) is 13.3 Å². The number of nitrogens with zero attached hydrogens (tertiary/aromatic N) is 3. The minimum Gasteiger partial charge on any atom is -0.338 e. The molecule has 0 aliphatic carbocycles. The summed E-state index contributed by atoms with van der Waals surface area (Å²) < 4.78 is 1.88. The Morgan fingerprint density at radius 3 is 2.97 bits per heavy atom. The fraction of sp³-hybridized carbons (Fsp3) is 0.238. The van der Waals surface area contributed by atoms with E-state index < -0.39 is 0 Å². The number of pyridine rings is 1. The Morgan fingerprint density at radius 2 is 2.14 bits per heavy atom. The van der Waals surface area contributed by atoms with Crippen molar-refractivity contribution < 1.29 is 4.79 Å². The lowest BCUT2D eigenvalue weighted by Crippen LogP contribution is -2.29. The second-order valence-electron chi connectivity index (χ2n) is 6.91. The van der Waals surface area contributed by atoms with Crippen molar-refractivity contribution in [2.75, 3.05) is 11.9 Å². The predicted octanol–water partition coefficient (Wildman–Crippen LogP) is 3.40. The molecule has 0 spiro atoms. The zero-order valence-electron chi connectivity index (χ0n) is 16.3. The lowest BCUT2D eigenvalue weighted by Gasteiger charge is -2.08. The molecule has 0 fully saturated rings. The van der Waals surface area contributed by atoms with Gasteiger partial charge in [-0.2, -0.15) is 0 Å². The van der Waals surface area contributed by atoms with Crippen molar-refractivity contribution in [2.45, 2.75) is 19.8 Å². The van der Waals surface area contributed by atoms with Crippen LogP contribution in [0.3, 0.4) is 0 Å².